The van der Waals surface area contributed by atoms with Gasteiger partial charge in [0.1, 0.15) is 11.5 Å². The Kier molecular flexibility index (Phi) is 7.11. The van der Waals surface area contributed by atoms with Gasteiger partial charge in [0.05, 0.1) is 14.2 Å². The van der Waals surface area contributed by atoms with Crippen LogP contribution in [0.4, 0.5) is 0 Å². The van der Waals surface area contributed by atoms with Crippen LogP contribution in [0, 0.1) is 0 Å². The zero-order valence-electron chi connectivity index (χ0n) is 17.0. The maximum absolute atomic E-state index is 12.6. The van der Waals surface area contributed by atoms with E-state index in [1.54, 1.807) is 14.2 Å². The van der Waals surface area contributed by atoms with E-state index in [0.29, 0.717) is 31.5 Å². The first-order chi connectivity index (χ1) is 14.1. The Morgan fingerprint density at radius 3 is 2.21 bits per heavy atom. The molecule has 2 amide bonds. The minimum atomic E-state index is -0.0534. The van der Waals surface area contributed by atoms with E-state index in [2.05, 4.69) is 5.32 Å². The van der Waals surface area contributed by atoms with Crippen LogP contribution in [0.15, 0.2) is 48.5 Å². The Balaban J connectivity index is 1.46. The number of nitrogens with zero attached hydrogens (tertiary/aromatic N) is 1. The van der Waals surface area contributed by atoms with Gasteiger partial charge in [-0.2, -0.15) is 0 Å². The molecule has 0 atom stereocenters. The first kappa shape index (κ1) is 20.7. The Hall–Kier alpha value is -3.02. The molecule has 2 aromatic carbocycles. The lowest BCUT2D eigenvalue weighted by atomic mass is 10.0. The monoisotopic (exact) mass is 396 g/mol. The lowest BCUT2D eigenvalue weighted by molar-refractivity contribution is -0.132. The van der Waals surface area contributed by atoms with Crippen molar-refractivity contribution in [1.82, 2.24) is 10.2 Å². The molecule has 1 aliphatic rings. The summed E-state index contributed by atoms with van der Waals surface area (Å²) in [7, 11) is 3.23. The molecule has 1 saturated heterocycles. The molecule has 6 heteroatoms. The van der Waals surface area contributed by atoms with E-state index >= 15 is 0 Å². The second kappa shape index (κ2) is 9.96. The summed E-state index contributed by atoms with van der Waals surface area (Å²) in [6.07, 6.45) is 2.63. The maximum atomic E-state index is 12.6. The van der Waals surface area contributed by atoms with E-state index in [4.69, 9.17) is 9.47 Å². The summed E-state index contributed by atoms with van der Waals surface area (Å²) in [5.74, 6) is 1.53. The highest BCUT2D eigenvalue weighted by Crippen LogP contribution is 2.23. The van der Waals surface area contributed by atoms with Crippen molar-refractivity contribution in [2.75, 3.05) is 27.3 Å². The van der Waals surface area contributed by atoms with Crippen LogP contribution in [0.2, 0.25) is 0 Å². The third-order valence-corrected chi connectivity index (χ3v) is 5.26. The Bertz CT molecular complexity index is 808. The quantitative estimate of drug-likeness (QED) is 0.781. The zero-order chi connectivity index (χ0) is 20.6. The number of nitrogens with one attached hydrogen (secondary N) is 1. The minimum absolute atomic E-state index is 0.0534. The van der Waals surface area contributed by atoms with Crippen molar-refractivity contribution >= 4 is 11.8 Å². The lowest BCUT2D eigenvalue weighted by Crippen LogP contribution is -2.46. The molecule has 1 N–H and O–H groups in total. The highest BCUT2D eigenvalue weighted by molar-refractivity contribution is 5.94. The third-order valence-electron chi connectivity index (χ3n) is 5.26. The van der Waals surface area contributed by atoms with Crippen molar-refractivity contribution in [2.45, 2.75) is 31.7 Å². The second-order valence-corrected chi connectivity index (χ2v) is 7.22. The molecule has 1 fully saturated rings. The Labute approximate surface area is 171 Å². The first-order valence-electron chi connectivity index (χ1n) is 9.94. The van der Waals surface area contributed by atoms with Crippen molar-refractivity contribution in [3.8, 4) is 11.5 Å². The molecular weight excluding hydrogens is 368 g/mol. The molecule has 6 nitrogen and oxygen atoms in total. The van der Waals surface area contributed by atoms with E-state index in [1.165, 1.54) is 0 Å². The van der Waals surface area contributed by atoms with E-state index in [1.807, 2.05) is 53.4 Å². The number of piperidine rings is 1. The van der Waals surface area contributed by atoms with Gasteiger partial charge in [-0.15, -0.1) is 0 Å². The van der Waals surface area contributed by atoms with Crippen LogP contribution in [0.1, 0.15) is 35.2 Å². The normalized spacial score (nSPS) is 14.3. The SMILES string of the molecule is COc1cc(CCC(=O)N2CCC(NC(=O)c3ccccc3)CC2)cc(OC)c1. The van der Waals surface area contributed by atoms with Crippen molar-refractivity contribution in [2.24, 2.45) is 0 Å². The molecular formula is C23H28N2O4. The molecule has 0 aliphatic carbocycles. The fourth-order valence-corrected chi connectivity index (χ4v) is 3.55. The average molecular weight is 396 g/mol. The number of aryl methyl sites for hydroxylation is 1. The van der Waals surface area contributed by atoms with E-state index in [-0.39, 0.29) is 17.9 Å². The molecule has 2 aromatic rings. The van der Waals surface area contributed by atoms with Crippen LogP contribution >= 0.6 is 0 Å². The Morgan fingerprint density at radius 1 is 1.00 bits per heavy atom. The summed E-state index contributed by atoms with van der Waals surface area (Å²) >= 11 is 0. The van der Waals surface area contributed by atoms with Crippen LogP contribution < -0.4 is 14.8 Å². The van der Waals surface area contributed by atoms with Crippen LogP contribution in [-0.2, 0) is 11.2 Å². The van der Waals surface area contributed by atoms with E-state index in [9.17, 15) is 9.59 Å². The molecule has 0 bridgehead atoms. The number of ether oxygens (including phenoxy) is 2. The van der Waals surface area contributed by atoms with Gasteiger partial charge in [-0.3, -0.25) is 9.59 Å². The van der Waals surface area contributed by atoms with Crippen molar-refractivity contribution in [1.29, 1.82) is 0 Å². The highest BCUT2D eigenvalue weighted by Gasteiger charge is 2.24. The summed E-state index contributed by atoms with van der Waals surface area (Å²) in [5.41, 5.74) is 1.68. The fourth-order valence-electron chi connectivity index (χ4n) is 3.55. The Morgan fingerprint density at radius 2 is 1.62 bits per heavy atom. The largest absolute Gasteiger partial charge is 0.497 e. The van der Waals surface area contributed by atoms with Crippen LogP contribution in [0.3, 0.4) is 0 Å². The fraction of sp³-hybridized carbons (Fsp3) is 0.391. The summed E-state index contributed by atoms with van der Waals surface area (Å²) in [4.78, 5) is 26.8. The molecule has 0 unspecified atom stereocenters. The number of carbonyl (C=O) groups is 2. The summed E-state index contributed by atoms with van der Waals surface area (Å²) in [6.45, 7) is 1.33. The maximum Gasteiger partial charge on any atom is 0.251 e. The number of benzene rings is 2. The van der Waals surface area contributed by atoms with Gasteiger partial charge in [0, 0.05) is 37.2 Å². The molecule has 1 aliphatic heterocycles. The van der Waals surface area contributed by atoms with Crippen LogP contribution in [0.5, 0.6) is 11.5 Å². The molecule has 3 rings (SSSR count). The topological polar surface area (TPSA) is 67.9 Å². The van der Waals surface area contributed by atoms with Gasteiger partial charge < -0.3 is 19.7 Å². The molecule has 1 heterocycles. The minimum Gasteiger partial charge on any atom is -0.497 e. The number of carbonyl (C=O) groups excluding carboxylic acids is 2. The summed E-state index contributed by atoms with van der Waals surface area (Å²) in [6, 6.07) is 15.0. The highest BCUT2D eigenvalue weighted by atomic mass is 16.5. The van der Waals surface area contributed by atoms with Gasteiger partial charge in [0.15, 0.2) is 0 Å². The van der Waals surface area contributed by atoms with E-state index < -0.39 is 0 Å². The van der Waals surface area contributed by atoms with Crippen LogP contribution in [0.25, 0.3) is 0 Å². The predicted octanol–water partition coefficient (Wildman–Crippen LogP) is 3.06. The summed E-state index contributed by atoms with van der Waals surface area (Å²) in [5, 5.41) is 3.07. The lowest BCUT2D eigenvalue weighted by Gasteiger charge is -2.32. The number of hydrogen-bond donors (Lipinski definition) is 1. The first-order valence-corrected chi connectivity index (χ1v) is 9.94. The van der Waals surface area contributed by atoms with Gasteiger partial charge in [-0.25, -0.2) is 0 Å². The molecule has 0 spiro atoms. The number of hydrogen-bond acceptors (Lipinski definition) is 4. The van der Waals surface area contributed by atoms with Crippen LogP contribution in [-0.4, -0.2) is 50.1 Å². The summed E-state index contributed by atoms with van der Waals surface area (Å²) < 4.78 is 10.6. The van der Waals surface area contributed by atoms with Gasteiger partial charge in [-0.1, -0.05) is 18.2 Å². The molecule has 154 valence electrons. The van der Waals surface area contributed by atoms with Gasteiger partial charge >= 0.3 is 0 Å². The van der Waals surface area contributed by atoms with E-state index in [0.717, 1.165) is 29.9 Å². The van der Waals surface area contributed by atoms with Crippen molar-refractivity contribution in [3.63, 3.8) is 0 Å². The number of methoxy groups -OCH3 is 2. The van der Waals surface area contributed by atoms with Gasteiger partial charge in [0.25, 0.3) is 5.91 Å². The van der Waals surface area contributed by atoms with Gasteiger partial charge in [0.2, 0.25) is 5.91 Å². The number of amides is 2. The van der Waals surface area contributed by atoms with Gasteiger partial charge in [-0.05, 0) is 49.1 Å². The number of likely N-dealkylation sites (tertiary alicyclic amines) is 1. The third kappa shape index (κ3) is 5.73. The predicted molar refractivity (Wildman–Crippen MR) is 111 cm³/mol. The standard InChI is InChI=1S/C23H28N2O4/c1-28-20-14-17(15-21(16-20)29-2)8-9-22(26)25-12-10-19(11-13-25)24-23(27)18-6-4-3-5-7-18/h3-7,14-16,19H,8-13H2,1-2H3,(H,24,27). The zero-order valence-corrected chi connectivity index (χ0v) is 17.0. The molecule has 0 radical (unpaired) electrons. The molecule has 0 aromatic heterocycles. The van der Waals surface area contributed by atoms with Crippen molar-refractivity contribution in [3.05, 3.63) is 59.7 Å². The smallest absolute Gasteiger partial charge is 0.251 e. The second-order valence-electron chi connectivity index (χ2n) is 7.22. The average Bonchev–Trinajstić information content (AvgIpc) is 2.78. The van der Waals surface area contributed by atoms with Crippen molar-refractivity contribution < 1.29 is 19.1 Å². The molecule has 0 saturated carbocycles. The number of rotatable bonds is 7. The molecule has 29 heavy (non-hydrogen) atoms.